The van der Waals surface area contributed by atoms with E-state index in [1.807, 2.05) is 0 Å². The van der Waals surface area contributed by atoms with E-state index in [9.17, 15) is 8.78 Å². The summed E-state index contributed by atoms with van der Waals surface area (Å²) in [5, 5.41) is 3.33. The zero-order valence-electron chi connectivity index (χ0n) is 10.7. The monoisotopic (exact) mass is 254 g/mol. The van der Waals surface area contributed by atoms with Gasteiger partial charge in [0.2, 0.25) is 0 Å². The number of benzene rings is 1. The standard InChI is InChI=1S/C14H20F2N2/c1-18(10-13-8-5-9-17-13)11-14(15,16)12-6-3-2-4-7-12/h2-4,6-7,13,17H,5,8-11H2,1H3. The molecule has 1 aromatic carbocycles. The first kappa shape index (κ1) is 13.4. The van der Waals surface area contributed by atoms with Crippen LogP contribution < -0.4 is 5.32 Å². The summed E-state index contributed by atoms with van der Waals surface area (Å²) in [7, 11) is 1.76. The Hall–Kier alpha value is -1.00. The van der Waals surface area contributed by atoms with Gasteiger partial charge < -0.3 is 5.32 Å². The summed E-state index contributed by atoms with van der Waals surface area (Å²) in [5.74, 6) is -2.78. The van der Waals surface area contributed by atoms with Gasteiger partial charge in [-0.1, -0.05) is 30.3 Å². The van der Waals surface area contributed by atoms with Crippen LogP contribution in [0.1, 0.15) is 18.4 Å². The lowest BCUT2D eigenvalue weighted by atomic mass is 10.1. The summed E-state index contributed by atoms with van der Waals surface area (Å²) in [6.07, 6.45) is 2.23. The minimum absolute atomic E-state index is 0.0937. The minimum atomic E-state index is -2.78. The highest BCUT2D eigenvalue weighted by atomic mass is 19.3. The van der Waals surface area contributed by atoms with Crippen LogP contribution in [0.15, 0.2) is 30.3 Å². The van der Waals surface area contributed by atoms with Crippen LogP contribution in [0.3, 0.4) is 0 Å². The van der Waals surface area contributed by atoms with E-state index in [1.165, 1.54) is 12.1 Å². The Morgan fingerprint density at radius 3 is 2.67 bits per heavy atom. The molecule has 100 valence electrons. The van der Waals surface area contributed by atoms with Gasteiger partial charge in [-0.05, 0) is 26.4 Å². The van der Waals surface area contributed by atoms with Gasteiger partial charge in [0.05, 0.1) is 6.54 Å². The average Bonchev–Trinajstić information content (AvgIpc) is 2.82. The van der Waals surface area contributed by atoms with Gasteiger partial charge in [-0.2, -0.15) is 8.78 Å². The molecular weight excluding hydrogens is 234 g/mol. The Bertz CT molecular complexity index is 361. The summed E-state index contributed by atoms with van der Waals surface area (Å²) in [4.78, 5) is 1.72. The van der Waals surface area contributed by atoms with Crippen molar-refractivity contribution in [1.82, 2.24) is 10.2 Å². The second kappa shape index (κ2) is 5.76. The van der Waals surface area contributed by atoms with Crippen LogP contribution in [0, 0.1) is 0 Å². The quantitative estimate of drug-likeness (QED) is 0.868. The predicted octanol–water partition coefficient (Wildman–Crippen LogP) is 2.46. The van der Waals surface area contributed by atoms with Crippen LogP contribution in [0.25, 0.3) is 0 Å². The molecule has 4 heteroatoms. The number of hydrogen-bond donors (Lipinski definition) is 1. The van der Waals surface area contributed by atoms with Crippen molar-refractivity contribution in [3.63, 3.8) is 0 Å². The molecule has 0 aliphatic carbocycles. The minimum Gasteiger partial charge on any atom is -0.313 e. The van der Waals surface area contributed by atoms with E-state index in [4.69, 9.17) is 0 Å². The van der Waals surface area contributed by atoms with Crippen molar-refractivity contribution >= 4 is 0 Å². The van der Waals surface area contributed by atoms with Crippen molar-refractivity contribution in [3.05, 3.63) is 35.9 Å². The van der Waals surface area contributed by atoms with Crippen LogP contribution in [0.2, 0.25) is 0 Å². The van der Waals surface area contributed by atoms with Crippen molar-refractivity contribution < 1.29 is 8.78 Å². The molecule has 0 amide bonds. The van der Waals surface area contributed by atoms with Gasteiger partial charge in [-0.25, -0.2) is 0 Å². The number of likely N-dealkylation sites (N-methyl/N-ethyl adjacent to an activating group) is 1. The van der Waals surface area contributed by atoms with E-state index >= 15 is 0 Å². The SMILES string of the molecule is CN(CC1CCCN1)CC(F)(F)c1ccccc1. The van der Waals surface area contributed by atoms with E-state index < -0.39 is 5.92 Å². The number of nitrogens with zero attached hydrogens (tertiary/aromatic N) is 1. The molecule has 0 bridgehead atoms. The topological polar surface area (TPSA) is 15.3 Å². The molecule has 2 rings (SSSR count). The van der Waals surface area contributed by atoms with Gasteiger partial charge in [-0.15, -0.1) is 0 Å². The number of rotatable bonds is 5. The Morgan fingerprint density at radius 2 is 2.06 bits per heavy atom. The molecule has 1 N–H and O–H groups in total. The zero-order chi connectivity index (χ0) is 13.0. The fraction of sp³-hybridized carbons (Fsp3) is 0.571. The summed E-state index contributed by atoms with van der Waals surface area (Å²) in [6, 6.07) is 8.40. The van der Waals surface area contributed by atoms with Crippen LogP contribution in [-0.2, 0) is 5.92 Å². The van der Waals surface area contributed by atoms with Crippen molar-refractivity contribution in [2.24, 2.45) is 0 Å². The molecule has 0 saturated carbocycles. The largest absolute Gasteiger partial charge is 0.313 e. The molecule has 1 atom stereocenters. The van der Waals surface area contributed by atoms with E-state index in [0.717, 1.165) is 19.4 Å². The fourth-order valence-corrected chi connectivity index (χ4v) is 2.47. The second-order valence-electron chi connectivity index (χ2n) is 5.06. The first-order chi connectivity index (χ1) is 8.58. The van der Waals surface area contributed by atoms with Crippen LogP contribution in [0.4, 0.5) is 8.78 Å². The third-order valence-corrected chi connectivity index (χ3v) is 3.36. The molecular formula is C14H20F2N2. The molecule has 1 fully saturated rings. The van der Waals surface area contributed by atoms with E-state index in [-0.39, 0.29) is 12.1 Å². The van der Waals surface area contributed by atoms with Gasteiger partial charge in [0, 0.05) is 18.2 Å². The summed E-state index contributed by atoms with van der Waals surface area (Å²) >= 11 is 0. The molecule has 1 aliphatic heterocycles. The number of hydrogen-bond acceptors (Lipinski definition) is 2. The molecule has 1 heterocycles. The van der Waals surface area contributed by atoms with Crippen molar-refractivity contribution in [2.45, 2.75) is 24.8 Å². The van der Waals surface area contributed by atoms with E-state index in [1.54, 1.807) is 30.1 Å². The van der Waals surface area contributed by atoms with Crippen LogP contribution >= 0.6 is 0 Å². The average molecular weight is 254 g/mol. The zero-order valence-corrected chi connectivity index (χ0v) is 10.7. The second-order valence-corrected chi connectivity index (χ2v) is 5.06. The summed E-state index contributed by atoms with van der Waals surface area (Å²) in [6.45, 7) is 1.46. The first-order valence-corrected chi connectivity index (χ1v) is 6.43. The van der Waals surface area contributed by atoms with Crippen molar-refractivity contribution in [1.29, 1.82) is 0 Å². The van der Waals surface area contributed by atoms with E-state index in [2.05, 4.69) is 5.32 Å². The Kier molecular flexibility index (Phi) is 4.30. The van der Waals surface area contributed by atoms with Crippen LogP contribution in [-0.4, -0.2) is 37.6 Å². The first-order valence-electron chi connectivity index (χ1n) is 6.43. The summed E-state index contributed by atoms with van der Waals surface area (Å²) < 4.78 is 28.0. The lowest BCUT2D eigenvalue weighted by Gasteiger charge is -2.26. The Morgan fingerprint density at radius 1 is 1.33 bits per heavy atom. The molecule has 0 aromatic heterocycles. The van der Waals surface area contributed by atoms with Crippen molar-refractivity contribution in [3.8, 4) is 0 Å². The van der Waals surface area contributed by atoms with Gasteiger partial charge in [-0.3, -0.25) is 4.90 Å². The van der Waals surface area contributed by atoms with Gasteiger partial charge in [0.1, 0.15) is 0 Å². The molecule has 18 heavy (non-hydrogen) atoms. The number of halogens is 2. The summed E-state index contributed by atoms with van der Waals surface area (Å²) in [5.41, 5.74) is 0.0937. The molecule has 1 unspecified atom stereocenters. The van der Waals surface area contributed by atoms with Gasteiger partial charge >= 0.3 is 0 Å². The lowest BCUT2D eigenvalue weighted by Crippen LogP contribution is -2.40. The Balaban J connectivity index is 1.90. The normalized spacial score (nSPS) is 20.6. The number of alkyl halides is 2. The number of nitrogens with one attached hydrogen (secondary N) is 1. The lowest BCUT2D eigenvalue weighted by molar-refractivity contribution is -0.0333. The Labute approximate surface area is 107 Å². The smallest absolute Gasteiger partial charge is 0.285 e. The maximum atomic E-state index is 14.0. The maximum absolute atomic E-state index is 14.0. The molecule has 1 saturated heterocycles. The highest BCUT2D eigenvalue weighted by Gasteiger charge is 2.33. The fourth-order valence-electron chi connectivity index (χ4n) is 2.47. The highest BCUT2D eigenvalue weighted by molar-refractivity contribution is 5.20. The molecule has 0 radical (unpaired) electrons. The van der Waals surface area contributed by atoms with E-state index in [0.29, 0.717) is 12.6 Å². The predicted molar refractivity (Wildman–Crippen MR) is 68.9 cm³/mol. The molecule has 0 spiro atoms. The molecule has 1 aromatic rings. The van der Waals surface area contributed by atoms with Crippen molar-refractivity contribution in [2.75, 3.05) is 26.7 Å². The molecule has 2 nitrogen and oxygen atoms in total. The molecule has 1 aliphatic rings. The third-order valence-electron chi connectivity index (χ3n) is 3.36. The van der Waals surface area contributed by atoms with Gasteiger partial charge in [0.15, 0.2) is 0 Å². The van der Waals surface area contributed by atoms with Crippen LogP contribution in [0.5, 0.6) is 0 Å². The van der Waals surface area contributed by atoms with Gasteiger partial charge in [0.25, 0.3) is 5.92 Å². The third kappa shape index (κ3) is 3.50. The maximum Gasteiger partial charge on any atom is 0.285 e. The highest BCUT2D eigenvalue weighted by Crippen LogP contribution is 2.28.